The first kappa shape index (κ1) is 22.6. The summed E-state index contributed by atoms with van der Waals surface area (Å²) in [5.74, 6) is 0.168. The smallest absolute Gasteiger partial charge is 0.303 e. The van der Waals surface area contributed by atoms with E-state index in [1.54, 1.807) is 11.8 Å². The zero-order valence-corrected chi connectivity index (χ0v) is 18.7. The summed E-state index contributed by atoms with van der Waals surface area (Å²) in [5.41, 5.74) is 1.96. The molecule has 3 N–H and O–H groups in total. The average molecular weight is 470 g/mol. The Kier molecular flexibility index (Phi) is 6.79. The lowest BCUT2D eigenvalue weighted by Gasteiger charge is -2.32. The Morgan fingerprint density at radius 3 is 2.67 bits per heavy atom. The molecule has 9 nitrogen and oxygen atoms in total. The van der Waals surface area contributed by atoms with Crippen molar-refractivity contribution in [2.75, 3.05) is 17.7 Å². The number of rotatable bonds is 8. The van der Waals surface area contributed by atoms with Gasteiger partial charge in [-0.2, -0.15) is 4.98 Å². The summed E-state index contributed by atoms with van der Waals surface area (Å²) >= 11 is 6.52. The molecule has 4 rings (SSSR count). The number of ether oxygens (including phenoxy) is 1. The van der Waals surface area contributed by atoms with Crippen LogP contribution >= 0.6 is 11.6 Å². The van der Waals surface area contributed by atoms with Crippen LogP contribution in [0, 0.1) is 0 Å². The van der Waals surface area contributed by atoms with Crippen molar-refractivity contribution >= 4 is 35.4 Å². The number of nitrogens with one attached hydrogen (secondary N) is 2. The van der Waals surface area contributed by atoms with E-state index in [4.69, 9.17) is 21.4 Å². The summed E-state index contributed by atoms with van der Waals surface area (Å²) in [6.07, 6.45) is 0.916. The quantitative estimate of drug-likeness (QED) is 0.450. The first-order valence-electron chi connectivity index (χ1n) is 10.6. The van der Waals surface area contributed by atoms with Gasteiger partial charge in [0.1, 0.15) is 5.75 Å². The van der Waals surface area contributed by atoms with Gasteiger partial charge < -0.3 is 15.2 Å². The maximum absolute atomic E-state index is 12.2. The molecule has 33 heavy (non-hydrogen) atoms. The van der Waals surface area contributed by atoms with Crippen molar-refractivity contribution in [3.63, 3.8) is 0 Å². The summed E-state index contributed by atoms with van der Waals surface area (Å²) in [6, 6.07) is 15.1. The molecule has 10 heteroatoms. The highest BCUT2D eigenvalue weighted by Crippen LogP contribution is 2.40. The number of carbonyl (C=O) groups is 2. The second kappa shape index (κ2) is 9.91. The number of anilines is 2. The van der Waals surface area contributed by atoms with Crippen molar-refractivity contribution in [3.05, 3.63) is 64.7 Å². The minimum atomic E-state index is -0.935. The number of amides is 1. The van der Waals surface area contributed by atoms with E-state index in [1.807, 2.05) is 48.5 Å². The second-order valence-electron chi connectivity index (χ2n) is 7.74. The number of methoxy groups -OCH3 is 1. The van der Waals surface area contributed by atoms with Gasteiger partial charge in [-0.25, -0.2) is 4.68 Å². The standard InChI is InChI=1S/C23H24ClN5O4/c1-33-15-11-9-14(10-12-15)18-13-19(16-5-2-3-6-17(16)24)29-23(25-18)27-22(28-29)26-20(30)7-4-8-21(31)32/h2-3,5-6,9-12,18-19H,4,7-8,13H2,1H3,(H,31,32)(H2,25,26,27,28,30). The van der Waals surface area contributed by atoms with E-state index in [0.717, 1.165) is 16.9 Å². The number of nitrogens with zero attached hydrogens (tertiary/aromatic N) is 3. The molecule has 2 aromatic carbocycles. The summed E-state index contributed by atoms with van der Waals surface area (Å²) in [7, 11) is 1.63. The molecular weight excluding hydrogens is 446 g/mol. The lowest BCUT2D eigenvalue weighted by Crippen LogP contribution is -2.28. The Labute approximate surface area is 195 Å². The van der Waals surface area contributed by atoms with Crippen molar-refractivity contribution in [3.8, 4) is 5.75 Å². The number of carboxylic acid groups (broad SMARTS) is 1. The molecular formula is C23H24ClN5O4. The summed E-state index contributed by atoms with van der Waals surface area (Å²) in [6.45, 7) is 0. The predicted octanol–water partition coefficient (Wildman–Crippen LogP) is 4.28. The van der Waals surface area contributed by atoms with Crippen molar-refractivity contribution in [1.29, 1.82) is 0 Å². The molecule has 1 amide bonds. The van der Waals surface area contributed by atoms with Crippen molar-refractivity contribution in [2.24, 2.45) is 0 Å². The molecule has 1 aliphatic heterocycles. The number of halogens is 1. The van der Waals surface area contributed by atoms with Crippen LogP contribution in [0.1, 0.15) is 48.9 Å². The number of aromatic nitrogens is 3. The summed E-state index contributed by atoms with van der Waals surface area (Å²) in [4.78, 5) is 27.4. The Hall–Kier alpha value is -3.59. The molecule has 0 saturated heterocycles. The second-order valence-corrected chi connectivity index (χ2v) is 8.15. The van der Waals surface area contributed by atoms with Gasteiger partial charge in [0.2, 0.25) is 11.9 Å². The fourth-order valence-corrected chi connectivity index (χ4v) is 4.14. The number of carboxylic acids is 1. The SMILES string of the molecule is COc1ccc(C2CC(c3ccccc3Cl)n3nc(NC(=O)CCCC(=O)O)nc3N2)cc1. The highest BCUT2D eigenvalue weighted by Gasteiger charge is 2.32. The van der Waals surface area contributed by atoms with Gasteiger partial charge in [-0.05, 0) is 42.2 Å². The van der Waals surface area contributed by atoms with E-state index in [0.29, 0.717) is 17.4 Å². The van der Waals surface area contributed by atoms with Crippen molar-refractivity contribution in [2.45, 2.75) is 37.8 Å². The lowest BCUT2D eigenvalue weighted by molar-refractivity contribution is -0.137. The van der Waals surface area contributed by atoms with E-state index in [1.165, 1.54) is 0 Å². The largest absolute Gasteiger partial charge is 0.497 e. The minimum Gasteiger partial charge on any atom is -0.497 e. The third-order valence-electron chi connectivity index (χ3n) is 5.52. The van der Waals surface area contributed by atoms with E-state index in [-0.39, 0.29) is 43.2 Å². The Balaban J connectivity index is 1.61. The van der Waals surface area contributed by atoms with Crippen LogP contribution in [0.5, 0.6) is 5.75 Å². The molecule has 2 heterocycles. The lowest BCUT2D eigenvalue weighted by atomic mass is 9.93. The van der Waals surface area contributed by atoms with Crippen LogP contribution < -0.4 is 15.4 Å². The molecule has 2 unspecified atom stereocenters. The Morgan fingerprint density at radius 1 is 1.21 bits per heavy atom. The molecule has 2 atom stereocenters. The maximum Gasteiger partial charge on any atom is 0.303 e. The van der Waals surface area contributed by atoms with Crippen LogP contribution in [0.3, 0.4) is 0 Å². The maximum atomic E-state index is 12.2. The highest BCUT2D eigenvalue weighted by atomic mass is 35.5. The minimum absolute atomic E-state index is 0.0620. The third kappa shape index (κ3) is 5.25. The fourth-order valence-electron chi connectivity index (χ4n) is 3.88. The number of fused-ring (bicyclic) bond motifs is 1. The predicted molar refractivity (Wildman–Crippen MR) is 124 cm³/mol. The molecule has 0 radical (unpaired) electrons. The monoisotopic (exact) mass is 469 g/mol. The molecule has 1 aliphatic rings. The van der Waals surface area contributed by atoms with Gasteiger partial charge in [-0.1, -0.05) is 41.9 Å². The topological polar surface area (TPSA) is 118 Å². The number of hydrogen-bond acceptors (Lipinski definition) is 6. The number of benzene rings is 2. The average Bonchev–Trinajstić information content (AvgIpc) is 3.21. The van der Waals surface area contributed by atoms with Crippen molar-refractivity contribution < 1.29 is 19.4 Å². The third-order valence-corrected chi connectivity index (χ3v) is 5.86. The zero-order chi connectivity index (χ0) is 23.4. The normalized spacial score (nSPS) is 17.0. The summed E-state index contributed by atoms with van der Waals surface area (Å²) in [5, 5.41) is 19.9. The van der Waals surface area contributed by atoms with Crippen LogP contribution in [-0.4, -0.2) is 38.9 Å². The van der Waals surface area contributed by atoms with Crippen LogP contribution in [0.2, 0.25) is 5.02 Å². The van der Waals surface area contributed by atoms with E-state index < -0.39 is 5.97 Å². The number of aliphatic carboxylic acids is 1. The Bertz CT molecular complexity index is 1150. The van der Waals surface area contributed by atoms with E-state index in [9.17, 15) is 9.59 Å². The van der Waals surface area contributed by atoms with Crippen LogP contribution in [-0.2, 0) is 9.59 Å². The van der Waals surface area contributed by atoms with Gasteiger partial charge in [0.15, 0.2) is 0 Å². The number of hydrogen-bond donors (Lipinski definition) is 3. The van der Waals surface area contributed by atoms with Gasteiger partial charge in [0.05, 0.1) is 19.2 Å². The zero-order valence-electron chi connectivity index (χ0n) is 18.0. The van der Waals surface area contributed by atoms with E-state index in [2.05, 4.69) is 20.7 Å². The molecule has 3 aromatic rings. The van der Waals surface area contributed by atoms with Gasteiger partial charge in [-0.15, -0.1) is 5.10 Å². The van der Waals surface area contributed by atoms with Crippen molar-refractivity contribution in [1.82, 2.24) is 14.8 Å². The molecule has 0 aliphatic carbocycles. The van der Waals surface area contributed by atoms with Crippen LogP contribution in [0.25, 0.3) is 0 Å². The van der Waals surface area contributed by atoms with Gasteiger partial charge in [-0.3, -0.25) is 14.9 Å². The molecule has 1 aromatic heterocycles. The van der Waals surface area contributed by atoms with Crippen LogP contribution in [0.4, 0.5) is 11.9 Å². The van der Waals surface area contributed by atoms with Crippen LogP contribution in [0.15, 0.2) is 48.5 Å². The Morgan fingerprint density at radius 2 is 1.97 bits per heavy atom. The molecule has 0 bridgehead atoms. The number of carbonyl (C=O) groups excluding carboxylic acids is 1. The first-order valence-corrected chi connectivity index (χ1v) is 11.0. The highest BCUT2D eigenvalue weighted by molar-refractivity contribution is 6.31. The molecule has 0 fully saturated rings. The molecule has 0 spiro atoms. The van der Waals surface area contributed by atoms with Gasteiger partial charge in [0, 0.05) is 17.9 Å². The summed E-state index contributed by atoms with van der Waals surface area (Å²) < 4.78 is 6.99. The van der Waals surface area contributed by atoms with E-state index >= 15 is 0 Å². The molecule has 0 saturated carbocycles. The van der Waals surface area contributed by atoms with Gasteiger partial charge in [0.25, 0.3) is 5.95 Å². The van der Waals surface area contributed by atoms with Gasteiger partial charge >= 0.3 is 5.97 Å². The molecule has 172 valence electrons. The fraction of sp³-hybridized carbons (Fsp3) is 0.304. The first-order chi connectivity index (χ1) is 15.9.